The summed E-state index contributed by atoms with van der Waals surface area (Å²) in [5, 5.41) is 7.63. The number of rotatable bonds is 3. The molecule has 1 heterocycles. The molecule has 0 saturated heterocycles. The maximum Gasteiger partial charge on any atom is 0.332 e. The standard InChI is InChI=1S/C18H13ClN2O4/c1-11(22)25-21-18-15(10-12-4-2-3-5-16(12)24-18)17(23)20-14-8-6-13(19)7-9-14/h2-10H,1H3,(H,20,23)/b21-18-. The highest BCUT2D eigenvalue weighted by molar-refractivity contribution is 6.30. The van der Waals surface area contributed by atoms with E-state index in [0.717, 1.165) is 0 Å². The van der Waals surface area contributed by atoms with Gasteiger partial charge in [0.05, 0.1) is 0 Å². The molecule has 1 N–H and O–H groups in total. The molecule has 0 aliphatic rings. The summed E-state index contributed by atoms with van der Waals surface area (Å²) in [6.07, 6.45) is 0. The zero-order valence-corrected chi connectivity index (χ0v) is 13.9. The van der Waals surface area contributed by atoms with Crippen LogP contribution in [0.1, 0.15) is 17.3 Å². The number of hydrogen-bond donors (Lipinski definition) is 1. The summed E-state index contributed by atoms with van der Waals surface area (Å²) >= 11 is 5.84. The molecule has 0 aliphatic heterocycles. The lowest BCUT2D eigenvalue weighted by molar-refractivity contribution is -0.141. The van der Waals surface area contributed by atoms with Gasteiger partial charge in [-0.3, -0.25) is 4.79 Å². The summed E-state index contributed by atoms with van der Waals surface area (Å²) in [5.41, 5.74) is 1.10. The van der Waals surface area contributed by atoms with Gasteiger partial charge in [0.1, 0.15) is 11.1 Å². The second kappa shape index (κ2) is 7.19. The molecule has 6 nitrogen and oxygen atoms in total. The number of nitrogens with one attached hydrogen (secondary N) is 1. The highest BCUT2D eigenvalue weighted by atomic mass is 35.5. The van der Waals surface area contributed by atoms with E-state index in [4.69, 9.17) is 16.0 Å². The number of amides is 1. The van der Waals surface area contributed by atoms with E-state index < -0.39 is 11.9 Å². The summed E-state index contributed by atoms with van der Waals surface area (Å²) in [7, 11) is 0. The number of nitrogens with zero attached hydrogens (tertiary/aromatic N) is 1. The first kappa shape index (κ1) is 16.7. The second-order valence-electron chi connectivity index (χ2n) is 5.14. The number of anilines is 1. The SMILES string of the molecule is CC(=O)O/N=c1\oc2ccccc2cc1C(=O)Nc1ccc(Cl)cc1. The average molecular weight is 357 g/mol. The maximum atomic E-state index is 12.6. The molecule has 0 radical (unpaired) electrons. The van der Waals surface area contributed by atoms with E-state index in [1.54, 1.807) is 48.5 Å². The van der Waals surface area contributed by atoms with E-state index in [9.17, 15) is 9.59 Å². The van der Waals surface area contributed by atoms with Gasteiger partial charge >= 0.3 is 5.97 Å². The minimum atomic E-state index is -0.618. The molecular weight excluding hydrogens is 344 g/mol. The van der Waals surface area contributed by atoms with Crippen LogP contribution in [-0.2, 0) is 9.63 Å². The molecule has 0 atom stereocenters. The van der Waals surface area contributed by atoms with Crippen LogP contribution in [0.5, 0.6) is 0 Å². The molecule has 0 saturated carbocycles. The summed E-state index contributed by atoms with van der Waals surface area (Å²) in [4.78, 5) is 28.2. The minimum Gasteiger partial charge on any atom is -0.435 e. The molecule has 3 aromatic rings. The van der Waals surface area contributed by atoms with Gasteiger partial charge in [-0.2, -0.15) is 0 Å². The number of halogens is 1. The summed E-state index contributed by atoms with van der Waals surface area (Å²) < 4.78 is 5.60. The molecule has 0 unspecified atom stereocenters. The van der Waals surface area contributed by atoms with E-state index >= 15 is 0 Å². The molecule has 3 rings (SSSR count). The zero-order chi connectivity index (χ0) is 17.8. The Hall–Kier alpha value is -3.12. The van der Waals surface area contributed by atoms with Gasteiger partial charge in [-0.25, -0.2) is 4.79 Å². The second-order valence-corrected chi connectivity index (χ2v) is 5.57. The van der Waals surface area contributed by atoms with Gasteiger partial charge in [-0.15, -0.1) is 0 Å². The van der Waals surface area contributed by atoms with Gasteiger partial charge in [0.25, 0.3) is 11.5 Å². The van der Waals surface area contributed by atoms with Gasteiger partial charge in [0, 0.05) is 23.0 Å². The van der Waals surface area contributed by atoms with E-state index in [-0.39, 0.29) is 11.1 Å². The number of fused-ring (bicyclic) bond motifs is 1. The molecule has 0 bridgehead atoms. The van der Waals surface area contributed by atoms with Crippen LogP contribution >= 0.6 is 11.6 Å². The largest absolute Gasteiger partial charge is 0.435 e. The van der Waals surface area contributed by atoms with Crippen molar-refractivity contribution in [3.8, 4) is 0 Å². The van der Waals surface area contributed by atoms with Crippen molar-refractivity contribution in [1.82, 2.24) is 0 Å². The average Bonchev–Trinajstić information content (AvgIpc) is 2.61. The summed E-state index contributed by atoms with van der Waals surface area (Å²) in [6, 6.07) is 15.4. The van der Waals surface area contributed by atoms with Crippen molar-refractivity contribution in [3.05, 3.63) is 70.7 Å². The van der Waals surface area contributed by atoms with E-state index in [1.165, 1.54) is 6.92 Å². The quantitative estimate of drug-likeness (QED) is 0.573. The van der Waals surface area contributed by atoms with Gasteiger partial charge in [-0.05, 0) is 41.6 Å². The number of para-hydroxylation sites is 1. The molecule has 1 amide bonds. The molecule has 126 valence electrons. The van der Waals surface area contributed by atoms with Gasteiger partial charge in [-0.1, -0.05) is 29.8 Å². The van der Waals surface area contributed by atoms with E-state index in [2.05, 4.69) is 15.3 Å². The zero-order valence-electron chi connectivity index (χ0n) is 13.2. The fourth-order valence-corrected chi connectivity index (χ4v) is 2.26. The normalized spacial score (nSPS) is 11.4. The van der Waals surface area contributed by atoms with Crippen LogP contribution in [0.4, 0.5) is 5.69 Å². The lowest BCUT2D eigenvalue weighted by Gasteiger charge is -2.06. The first-order chi connectivity index (χ1) is 12.0. The Labute approximate surface area is 147 Å². The third-order valence-corrected chi connectivity index (χ3v) is 3.51. The van der Waals surface area contributed by atoms with Crippen LogP contribution in [0.3, 0.4) is 0 Å². The lowest BCUT2D eigenvalue weighted by Crippen LogP contribution is -2.22. The van der Waals surface area contributed by atoms with Crippen LogP contribution in [0, 0.1) is 0 Å². The van der Waals surface area contributed by atoms with E-state index in [1.807, 2.05) is 6.07 Å². The van der Waals surface area contributed by atoms with Crippen LogP contribution in [0.2, 0.25) is 5.02 Å². The van der Waals surface area contributed by atoms with Crippen molar-refractivity contribution < 1.29 is 18.8 Å². The van der Waals surface area contributed by atoms with E-state index in [0.29, 0.717) is 21.7 Å². The third kappa shape index (κ3) is 4.05. The highest BCUT2D eigenvalue weighted by Gasteiger charge is 2.13. The Morgan fingerprint density at radius 1 is 1.12 bits per heavy atom. The number of benzene rings is 2. The highest BCUT2D eigenvalue weighted by Crippen LogP contribution is 2.16. The molecule has 0 spiro atoms. The number of hydrogen-bond acceptors (Lipinski definition) is 5. The number of carbonyl (C=O) groups excluding carboxylic acids is 2. The van der Waals surface area contributed by atoms with Crippen molar-refractivity contribution in [2.24, 2.45) is 5.16 Å². The molecule has 0 fully saturated rings. The predicted octanol–water partition coefficient (Wildman–Crippen LogP) is 3.72. The summed E-state index contributed by atoms with van der Waals surface area (Å²) in [6.45, 7) is 1.21. The van der Waals surface area contributed by atoms with Crippen LogP contribution in [-0.4, -0.2) is 11.9 Å². The first-order valence-electron chi connectivity index (χ1n) is 7.34. The van der Waals surface area contributed by atoms with Crippen molar-refractivity contribution in [1.29, 1.82) is 0 Å². The Bertz CT molecular complexity index is 1010. The monoisotopic (exact) mass is 356 g/mol. The fraction of sp³-hybridized carbons (Fsp3) is 0.0556. The van der Waals surface area contributed by atoms with Gasteiger partial charge in [0.2, 0.25) is 0 Å². The Kier molecular flexibility index (Phi) is 4.81. The van der Waals surface area contributed by atoms with Crippen LogP contribution < -0.4 is 10.9 Å². The molecule has 7 heteroatoms. The first-order valence-corrected chi connectivity index (χ1v) is 7.72. The lowest BCUT2D eigenvalue weighted by atomic mass is 10.1. The minimum absolute atomic E-state index is 0.0969. The molecule has 25 heavy (non-hydrogen) atoms. The van der Waals surface area contributed by atoms with Gasteiger partial charge in [0.15, 0.2) is 0 Å². The smallest absolute Gasteiger partial charge is 0.332 e. The number of carbonyl (C=O) groups is 2. The predicted molar refractivity (Wildman–Crippen MR) is 92.9 cm³/mol. The topological polar surface area (TPSA) is 80.9 Å². The Balaban J connectivity index is 2.04. The fourth-order valence-electron chi connectivity index (χ4n) is 2.14. The van der Waals surface area contributed by atoms with Gasteiger partial charge < -0.3 is 14.6 Å². The Morgan fingerprint density at radius 3 is 2.56 bits per heavy atom. The molecule has 2 aromatic carbocycles. The summed E-state index contributed by atoms with van der Waals surface area (Å²) in [5.74, 6) is -1.07. The molecular formula is C18H13ClN2O4. The van der Waals surface area contributed by atoms with Crippen molar-refractivity contribution in [3.63, 3.8) is 0 Å². The third-order valence-electron chi connectivity index (χ3n) is 3.26. The Morgan fingerprint density at radius 2 is 1.84 bits per heavy atom. The van der Waals surface area contributed by atoms with Crippen molar-refractivity contribution in [2.45, 2.75) is 6.92 Å². The van der Waals surface area contributed by atoms with Crippen LogP contribution in [0.25, 0.3) is 11.0 Å². The van der Waals surface area contributed by atoms with Crippen molar-refractivity contribution >= 4 is 40.1 Å². The molecule has 1 aromatic heterocycles. The van der Waals surface area contributed by atoms with Crippen LogP contribution in [0.15, 0.2) is 64.2 Å². The maximum absolute atomic E-state index is 12.6. The molecule has 0 aliphatic carbocycles. The van der Waals surface area contributed by atoms with Crippen molar-refractivity contribution in [2.75, 3.05) is 5.32 Å².